The molecule has 6 nitrogen and oxygen atoms in total. The predicted molar refractivity (Wildman–Crippen MR) is 83.7 cm³/mol. The van der Waals surface area contributed by atoms with Crippen LogP contribution in [0.1, 0.15) is 25.8 Å². The van der Waals surface area contributed by atoms with Crippen LogP contribution in [0.5, 0.6) is 0 Å². The lowest BCUT2D eigenvalue weighted by Gasteiger charge is -2.12. The Hall–Kier alpha value is -2.24. The van der Waals surface area contributed by atoms with Gasteiger partial charge in [-0.3, -0.25) is 0 Å². The highest BCUT2D eigenvalue weighted by Crippen LogP contribution is 2.32. The monoisotopic (exact) mass is 284 g/mol. The van der Waals surface area contributed by atoms with Crippen LogP contribution in [0.25, 0.3) is 11.2 Å². The topological polar surface area (TPSA) is 59.2 Å². The summed E-state index contributed by atoms with van der Waals surface area (Å²) in [5.41, 5.74) is 1.60. The van der Waals surface area contributed by atoms with E-state index in [9.17, 15) is 0 Å². The van der Waals surface area contributed by atoms with Gasteiger partial charge >= 0.3 is 0 Å². The Morgan fingerprint density at radius 3 is 2.90 bits per heavy atom. The van der Waals surface area contributed by atoms with Gasteiger partial charge in [-0.05, 0) is 18.8 Å². The van der Waals surface area contributed by atoms with E-state index in [0.29, 0.717) is 17.8 Å². The fourth-order valence-corrected chi connectivity index (χ4v) is 2.61. The highest BCUT2D eigenvalue weighted by atomic mass is 15.2. The average molecular weight is 284 g/mol. The van der Waals surface area contributed by atoms with Crippen LogP contribution in [0, 0.1) is 5.92 Å². The van der Waals surface area contributed by atoms with Crippen LogP contribution in [0.2, 0.25) is 0 Å². The number of hydrogen-bond acceptors (Lipinski definition) is 4. The first kappa shape index (κ1) is 13.7. The first-order valence-electron chi connectivity index (χ1n) is 7.25. The van der Waals surface area contributed by atoms with Crippen LogP contribution >= 0.6 is 0 Å². The molecule has 0 radical (unpaired) electrons. The van der Waals surface area contributed by atoms with E-state index in [1.165, 1.54) is 6.42 Å². The smallest absolute Gasteiger partial charge is 0.184 e. The molecule has 0 unspecified atom stereocenters. The van der Waals surface area contributed by atoms with Crippen molar-refractivity contribution in [2.75, 3.05) is 14.1 Å². The summed E-state index contributed by atoms with van der Waals surface area (Å²) in [4.78, 5) is 19.3. The molecule has 0 aromatic carbocycles. The van der Waals surface area contributed by atoms with E-state index >= 15 is 0 Å². The maximum Gasteiger partial charge on any atom is 0.184 e. The zero-order valence-electron chi connectivity index (χ0n) is 12.6. The molecule has 2 atom stereocenters. The zero-order valence-corrected chi connectivity index (χ0v) is 12.6. The van der Waals surface area contributed by atoms with Crippen molar-refractivity contribution in [2.45, 2.75) is 25.8 Å². The van der Waals surface area contributed by atoms with Gasteiger partial charge in [0, 0.05) is 14.1 Å². The van der Waals surface area contributed by atoms with Crippen molar-refractivity contribution >= 4 is 23.3 Å². The molecule has 0 fully saturated rings. The molecule has 3 rings (SSSR count). The van der Waals surface area contributed by atoms with E-state index < -0.39 is 0 Å². The first-order chi connectivity index (χ1) is 10.2. The second kappa shape index (κ2) is 5.63. The van der Waals surface area contributed by atoms with Gasteiger partial charge in [-0.15, -0.1) is 0 Å². The average Bonchev–Trinajstić information content (AvgIpc) is 3.10. The minimum Gasteiger partial charge on any atom is -0.369 e. The summed E-state index contributed by atoms with van der Waals surface area (Å²) in [6.45, 7) is 2.22. The number of allylic oxidation sites excluding steroid dienone is 2. The maximum absolute atomic E-state index is 4.46. The SMILES string of the molecule is CC[C@@H]1C=C[C@H](n2cnc3c(N=CN(C)C)ncnc32)C1. The van der Waals surface area contributed by atoms with Crippen molar-refractivity contribution < 1.29 is 0 Å². The van der Waals surface area contributed by atoms with Crippen molar-refractivity contribution in [1.82, 2.24) is 24.4 Å². The number of fused-ring (bicyclic) bond motifs is 1. The summed E-state index contributed by atoms with van der Waals surface area (Å²) < 4.78 is 2.12. The fourth-order valence-electron chi connectivity index (χ4n) is 2.61. The molecular formula is C15H20N6. The lowest BCUT2D eigenvalue weighted by atomic mass is 10.1. The zero-order chi connectivity index (χ0) is 14.8. The van der Waals surface area contributed by atoms with Crippen molar-refractivity contribution in [3.8, 4) is 0 Å². The molecule has 2 aromatic heterocycles. The summed E-state index contributed by atoms with van der Waals surface area (Å²) in [6.07, 6.45) is 12.0. The number of hydrogen-bond donors (Lipinski definition) is 0. The van der Waals surface area contributed by atoms with Crippen molar-refractivity contribution in [1.29, 1.82) is 0 Å². The van der Waals surface area contributed by atoms with E-state index in [-0.39, 0.29) is 0 Å². The van der Waals surface area contributed by atoms with Gasteiger partial charge in [0.15, 0.2) is 17.0 Å². The fraction of sp³-hybridized carbons (Fsp3) is 0.467. The summed E-state index contributed by atoms with van der Waals surface area (Å²) in [5.74, 6) is 1.27. The Labute approximate surface area is 124 Å². The third kappa shape index (κ3) is 2.66. The minimum atomic E-state index is 0.334. The van der Waals surface area contributed by atoms with Gasteiger partial charge in [-0.2, -0.15) is 0 Å². The molecule has 0 aliphatic heterocycles. The maximum atomic E-state index is 4.46. The Balaban J connectivity index is 1.96. The van der Waals surface area contributed by atoms with Crippen molar-refractivity contribution in [3.63, 3.8) is 0 Å². The largest absolute Gasteiger partial charge is 0.369 e. The lowest BCUT2D eigenvalue weighted by Crippen LogP contribution is -2.07. The van der Waals surface area contributed by atoms with E-state index in [1.807, 2.05) is 25.3 Å². The van der Waals surface area contributed by atoms with Gasteiger partial charge in [0.25, 0.3) is 0 Å². The third-order valence-electron chi connectivity index (χ3n) is 3.78. The molecule has 1 aliphatic carbocycles. The highest BCUT2D eigenvalue weighted by Gasteiger charge is 2.21. The quantitative estimate of drug-likeness (QED) is 0.492. The van der Waals surface area contributed by atoms with Crippen molar-refractivity contribution in [2.24, 2.45) is 10.9 Å². The Bertz CT molecular complexity index is 685. The number of nitrogens with zero attached hydrogens (tertiary/aromatic N) is 6. The van der Waals surface area contributed by atoms with Gasteiger partial charge in [0.1, 0.15) is 6.33 Å². The molecule has 0 amide bonds. The lowest BCUT2D eigenvalue weighted by molar-refractivity contribution is 0.502. The predicted octanol–water partition coefficient (Wildman–Crippen LogP) is 2.57. The first-order valence-corrected chi connectivity index (χ1v) is 7.25. The molecule has 6 heteroatoms. The number of rotatable bonds is 4. The van der Waals surface area contributed by atoms with Crippen LogP contribution in [0.15, 0.2) is 29.8 Å². The van der Waals surface area contributed by atoms with Crippen LogP contribution < -0.4 is 0 Å². The standard InChI is InChI=1S/C15H20N6/c1-4-11-5-6-12(7-11)21-10-18-13-14(19-9-20(2)3)16-8-17-15(13)21/h5-6,8-12H,4,7H2,1-3H3/t11-,12+/m1/s1. The van der Waals surface area contributed by atoms with Crippen molar-refractivity contribution in [3.05, 3.63) is 24.8 Å². The Kier molecular flexibility index (Phi) is 3.68. The molecule has 0 bridgehead atoms. The molecule has 0 saturated heterocycles. The molecule has 2 heterocycles. The summed E-state index contributed by atoms with van der Waals surface area (Å²) >= 11 is 0. The molecule has 110 valence electrons. The summed E-state index contributed by atoms with van der Waals surface area (Å²) in [7, 11) is 3.85. The third-order valence-corrected chi connectivity index (χ3v) is 3.78. The second-order valence-electron chi connectivity index (χ2n) is 5.59. The Morgan fingerprint density at radius 1 is 1.33 bits per heavy atom. The molecule has 1 aliphatic rings. The molecule has 0 saturated carbocycles. The van der Waals surface area contributed by atoms with Crippen LogP contribution in [-0.4, -0.2) is 44.9 Å². The van der Waals surface area contributed by atoms with Gasteiger partial charge in [0.05, 0.1) is 18.7 Å². The van der Waals surface area contributed by atoms with Crippen LogP contribution in [0.4, 0.5) is 5.82 Å². The van der Waals surface area contributed by atoms with Gasteiger partial charge in [-0.1, -0.05) is 19.1 Å². The van der Waals surface area contributed by atoms with Gasteiger partial charge in [-0.25, -0.2) is 19.9 Å². The molecule has 0 spiro atoms. The number of imidazole rings is 1. The second-order valence-corrected chi connectivity index (χ2v) is 5.59. The molecule has 21 heavy (non-hydrogen) atoms. The highest BCUT2D eigenvalue weighted by molar-refractivity contribution is 5.83. The minimum absolute atomic E-state index is 0.334. The summed E-state index contributed by atoms with van der Waals surface area (Å²) in [5, 5.41) is 0. The van der Waals surface area contributed by atoms with E-state index in [1.54, 1.807) is 12.7 Å². The summed E-state index contributed by atoms with van der Waals surface area (Å²) in [6, 6.07) is 0.334. The van der Waals surface area contributed by atoms with Gasteiger partial charge in [0.2, 0.25) is 0 Å². The van der Waals surface area contributed by atoms with E-state index in [0.717, 1.165) is 17.6 Å². The number of aliphatic imine (C=N–C) groups is 1. The molecule has 2 aromatic rings. The van der Waals surface area contributed by atoms with E-state index in [4.69, 9.17) is 0 Å². The molecular weight excluding hydrogens is 264 g/mol. The normalized spacial score (nSPS) is 21.7. The number of aromatic nitrogens is 4. The van der Waals surface area contributed by atoms with Crippen LogP contribution in [-0.2, 0) is 0 Å². The van der Waals surface area contributed by atoms with E-state index in [2.05, 4.69) is 43.6 Å². The molecule has 0 N–H and O–H groups in total. The van der Waals surface area contributed by atoms with Gasteiger partial charge < -0.3 is 9.47 Å². The Morgan fingerprint density at radius 2 is 2.19 bits per heavy atom. The van der Waals surface area contributed by atoms with Crippen LogP contribution in [0.3, 0.4) is 0 Å².